The second-order valence-corrected chi connectivity index (χ2v) is 6.24. The van der Waals surface area contributed by atoms with Crippen LogP contribution in [0.2, 0.25) is 0 Å². The van der Waals surface area contributed by atoms with Gasteiger partial charge in [0.15, 0.2) is 5.69 Å². The number of thiazole rings is 1. The van der Waals surface area contributed by atoms with E-state index in [1.807, 2.05) is 24.3 Å². The number of hydrogen-bond acceptors (Lipinski definition) is 6. The molecule has 2 aromatic rings. The van der Waals surface area contributed by atoms with Gasteiger partial charge in [0.1, 0.15) is 6.10 Å². The van der Waals surface area contributed by atoms with Crippen LogP contribution >= 0.6 is 11.3 Å². The topological polar surface area (TPSA) is 66.2 Å². The molecule has 0 unspecified atom stereocenters. The highest BCUT2D eigenvalue weighted by Gasteiger charge is 2.23. The number of nitriles is 1. The van der Waals surface area contributed by atoms with Crippen molar-refractivity contribution < 1.29 is 9.53 Å². The number of rotatable bonds is 4. The van der Waals surface area contributed by atoms with Crippen LogP contribution in [0.15, 0.2) is 35.2 Å². The molecule has 3 rings (SSSR count). The molecule has 1 saturated heterocycles. The Balaban J connectivity index is 1.51. The zero-order valence-electron chi connectivity index (χ0n) is 12.6. The van der Waals surface area contributed by atoms with E-state index in [1.165, 1.54) is 11.3 Å². The Morgan fingerprint density at radius 3 is 2.87 bits per heavy atom. The van der Waals surface area contributed by atoms with Gasteiger partial charge >= 0.3 is 5.97 Å². The fourth-order valence-corrected chi connectivity index (χ4v) is 3.24. The van der Waals surface area contributed by atoms with Crippen molar-refractivity contribution >= 4 is 17.3 Å². The number of carbonyl (C=O) groups excluding carboxylic acids is 1. The monoisotopic (exact) mass is 327 g/mol. The van der Waals surface area contributed by atoms with Gasteiger partial charge in [-0.3, -0.25) is 4.90 Å². The number of esters is 1. The molecule has 0 aliphatic carbocycles. The molecule has 0 saturated carbocycles. The van der Waals surface area contributed by atoms with Crippen molar-refractivity contribution in [2.24, 2.45) is 0 Å². The first kappa shape index (κ1) is 15.7. The predicted octanol–water partition coefficient (Wildman–Crippen LogP) is 2.84. The lowest BCUT2D eigenvalue weighted by atomic mass is 10.0. The molecule has 1 aromatic heterocycles. The lowest BCUT2D eigenvalue weighted by Gasteiger charge is -2.31. The van der Waals surface area contributed by atoms with Gasteiger partial charge in [0, 0.05) is 25.0 Å². The molecule has 1 fully saturated rings. The molecular weight excluding hydrogens is 310 g/mol. The van der Waals surface area contributed by atoms with E-state index in [2.05, 4.69) is 16.0 Å². The summed E-state index contributed by atoms with van der Waals surface area (Å²) in [5.74, 6) is -0.334. The molecule has 2 heterocycles. The van der Waals surface area contributed by atoms with Gasteiger partial charge in [0.25, 0.3) is 0 Å². The maximum Gasteiger partial charge on any atom is 0.358 e. The molecule has 0 atom stereocenters. The summed E-state index contributed by atoms with van der Waals surface area (Å²) >= 11 is 1.39. The summed E-state index contributed by atoms with van der Waals surface area (Å²) in [5, 5.41) is 10.9. The lowest BCUT2D eigenvalue weighted by Crippen LogP contribution is -2.37. The fourth-order valence-electron chi connectivity index (χ4n) is 2.72. The van der Waals surface area contributed by atoms with Crippen molar-refractivity contribution in [2.75, 3.05) is 13.1 Å². The average Bonchev–Trinajstić information content (AvgIpc) is 3.12. The first-order valence-corrected chi connectivity index (χ1v) is 8.50. The number of piperidine rings is 1. The van der Waals surface area contributed by atoms with Gasteiger partial charge in [0.2, 0.25) is 0 Å². The zero-order valence-corrected chi connectivity index (χ0v) is 13.5. The van der Waals surface area contributed by atoms with E-state index in [9.17, 15) is 4.79 Å². The van der Waals surface area contributed by atoms with Crippen LogP contribution < -0.4 is 0 Å². The highest BCUT2D eigenvalue weighted by molar-refractivity contribution is 7.07. The minimum atomic E-state index is -0.334. The van der Waals surface area contributed by atoms with Crippen LogP contribution in [0.5, 0.6) is 0 Å². The molecule has 0 N–H and O–H groups in total. The van der Waals surface area contributed by atoms with Crippen molar-refractivity contribution in [2.45, 2.75) is 25.5 Å². The summed E-state index contributed by atoms with van der Waals surface area (Å²) in [4.78, 5) is 18.2. The van der Waals surface area contributed by atoms with E-state index >= 15 is 0 Å². The number of carbonyl (C=O) groups is 1. The van der Waals surface area contributed by atoms with Crippen LogP contribution in [0.25, 0.3) is 0 Å². The maximum atomic E-state index is 11.9. The van der Waals surface area contributed by atoms with Gasteiger partial charge in [-0.05, 0) is 24.5 Å². The third-order valence-corrected chi connectivity index (χ3v) is 4.57. The summed E-state index contributed by atoms with van der Waals surface area (Å²) in [5.41, 5.74) is 3.80. The number of nitrogens with zero attached hydrogens (tertiary/aromatic N) is 3. The Bertz CT molecular complexity index is 701. The summed E-state index contributed by atoms with van der Waals surface area (Å²) in [6.07, 6.45) is 1.57. The van der Waals surface area contributed by atoms with E-state index in [0.717, 1.165) is 43.6 Å². The number of hydrogen-bond donors (Lipinski definition) is 0. The van der Waals surface area contributed by atoms with Crippen molar-refractivity contribution in [3.05, 3.63) is 52.0 Å². The fraction of sp³-hybridized carbons (Fsp3) is 0.353. The van der Waals surface area contributed by atoms with Crippen molar-refractivity contribution in [3.63, 3.8) is 0 Å². The molecule has 6 heteroatoms. The highest BCUT2D eigenvalue weighted by Crippen LogP contribution is 2.19. The van der Waals surface area contributed by atoms with Crippen molar-refractivity contribution in [1.29, 1.82) is 5.26 Å². The Hall–Kier alpha value is -2.23. The van der Waals surface area contributed by atoms with Crippen LogP contribution in [-0.2, 0) is 11.3 Å². The number of ether oxygens (including phenoxy) is 1. The minimum absolute atomic E-state index is 0.0494. The van der Waals surface area contributed by atoms with Gasteiger partial charge in [-0.15, -0.1) is 11.3 Å². The zero-order chi connectivity index (χ0) is 16.1. The standard InChI is InChI=1S/C17H17N3O2S/c18-9-13-3-1-2-4-14(13)10-20-7-5-15(6-8-20)22-17(21)16-11-23-12-19-16/h1-4,11-12,15H,5-8,10H2. The predicted molar refractivity (Wildman–Crippen MR) is 87.0 cm³/mol. The Labute approximate surface area is 139 Å². The molecule has 1 aliphatic heterocycles. The Morgan fingerprint density at radius 1 is 1.39 bits per heavy atom. The van der Waals surface area contributed by atoms with Crippen molar-refractivity contribution in [3.8, 4) is 6.07 Å². The molecule has 0 bridgehead atoms. The summed E-state index contributed by atoms with van der Waals surface area (Å²) in [6.45, 7) is 2.47. The van der Waals surface area contributed by atoms with Crippen LogP contribution in [0.1, 0.15) is 34.5 Å². The van der Waals surface area contributed by atoms with Crippen LogP contribution in [0.4, 0.5) is 0 Å². The van der Waals surface area contributed by atoms with E-state index in [1.54, 1.807) is 10.9 Å². The summed E-state index contributed by atoms with van der Waals surface area (Å²) in [7, 11) is 0. The first-order chi connectivity index (χ1) is 11.3. The Kier molecular flexibility index (Phi) is 5.01. The molecule has 1 aliphatic rings. The van der Waals surface area contributed by atoms with E-state index in [-0.39, 0.29) is 12.1 Å². The number of benzene rings is 1. The SMILES string of the molecule is N#Cc1ccccc1CN1CCC(OC(=O)c2cscn2)CC1. The number of likely N-dealkylation sites (tertiary alicyclic amines) is 1. The van der Waals surface area contributed by atoms with Crippen LogP contribution in [0.3, 0.4) is 0 Å². The van der Waals surface area contributed by atoms with Crippen LogP contribution in [0, 0.1) is 11.3 Å². The van der Waals surface area contributed by atoms with Gasteiger partial charge < -0.3 is 4.74 Å². The molecule has 23 heavy (non-hydrogen) atoms. The lowest BCUT2D eigenvalue weighted by molar-refractivity contribution is 0.00989. The van der Waals surface area contributed by atoms with Gasteiger partial charge in [-0.1, -0.05) is 18.2 Å². The number of aromatic nitrogens is 1. The van der Waals surface area contributed by atoms with Crippen molar-refractivity contribution in [1.82, 2.24) is 9.88 Å². The quantitative estimate of drug-likeness (QED) is 0.808. The largest absolute Gasteiger partial charge is 0.458 e. The highest BCUT2D eigenvalue weighted by atomic mass is 32.1. The molecule has 1 aromatic carbocycles. The van der Waals surface area contributed by atoms with E-state index in [0.29, 0.717) is 5.69 Å². The molecule has 0 radical (unpaired) electrons. The normalized spacial score (nSPS) is 16.0. The molecule has 0 spiro atoms. The van der Waals surface area contributed by atoms with E-state index in [4.69, 9.17) is 10.00 Å². The minimum Gasteiger partial charge on any atom is -0.458 e. The van der Waals surface area contributed by atoms with Gasteiger partial charge in [0.05, 0.1) is 17.1 Å². The van der Waals surface area contributed by atoms with Gasteiger partial charge in [-0.2, -0.15) is 5.26 Å². The summed E-state index contributed by atoms with van der Waals surface area (Å²) in [6, 6.07) is 9.91. The van der Waals surface area contributed by atoms with Crippen LogP contribution in [-0.4, -0.2) is 35.0 Å². The second kappa shape index (κ2) is 7.36. The third-order valence-electron chi connectivity index (χ3n) is 3.98. The van der Waals surface area contributed by atoms with E-state index < -0.39 is 0 Å². The maximum absolute atomic E-state index is 11.9. The molecule has 0 amide bonds. The molecule has 5 nitrogen and oxygen atoms in total. The second-order valence-electron chi connectivity index (χ2n) is 5.52. The Morgan fingerprint density at radius 2 is 2.17 bits per heavy atom. The molecular formula is C17H17N3O2S. The average molecular weight is 327 g/mol. The first-order valence-electron chi connectivity index (χ1n) is 7.56. The third kappa shape index (κ3) is 3.95. The molecule has 118 valence electrons. The smallest absolute Gasteiger partial charge is 0.358 e. The summed E-state index contributed by atoms with van der Waals surface area (Å²) < 4.78 is 5.51. The van der Waals surface area contributed by atoms with Gasteiger partial charge in [-0.25, -0.2) is 9.78 Å².